The Bertz CT molecular complexity index is 900. The number of ether oxygens (including phenoxy) is 1. The van der Waals surface area contributed by atoms with Gasteiger partial charge in [-0.25, -0.2) is 9.78 Å². The van der Waals surface area contributed by atoms with Gasteiger partial charge in [-0.1, -0.05) is 41.9 Å². The number of alkyl carbamates (subject to hydrolysis) is 1. The summed E-state index contributed by atoms with van der Waals surface area (Å²) in [5.41, 5.74) is 0.319. The predicted octanol–water partition coefficient (Wildman–Crippen LogP) is 3.44. The molecule has 1 amide bonds. The molecule has 0 bridgehead atoms. The number of aromatic nitrogens is 2. The Morgan fingerprint density at radius 3 is 2.52 bits per heavy atom. The van der Waals surface area contributed by atoms with Gasteiger partial charge in [0, 0.05) is 25.3 Å². The minimum absolute atomic E-state index is 0.00632. The number of rotatable bonds is 4. The standard InChI is InChI=1S/C21H27ClN4O3/c1-21(2,3)29-20(28)23-16-9-11-25(12-10-16)18-19(27)26(14-17(22)24-18)13-15-7-5-4-6-8-15/h4-8,14,16H,9-13H2,1-3H3,(H,23,28). The second-order valence-electron chi connectivity index (χ2n) is 8.21. The van der Waals surface area contributed by atoms with Gasteiger partial charge in [0.25, 0.3) is 5.56 Å². The number of anilines is 1. The summed E-state index contributed by atoms with van der Waals surface area (Å²) < 4.78 is 6.90. The molecule has 1 aliphatic rings. The molecule has 0 saturated carbocycles. The molecule has 8 heteroatoms. The molecule has 1 N–H and O–H groups in total. The van der Waals surface area contributed by atoms with E-state index in [1.54, 1.807) is 10.8 Å². The fourth-order valence-electron chi connectivity index (χ4n) is 3.31. The lowest BCUT2D eigenvalue weighted by molar-refractivity contribution is 0.0497. The highest BCUT2D eigenvalue weighted by Gasteiger charge is 2.26. The van der Waals surface area contributed by atoms with Gasteiger partial charge in [-0.15, -0.1) is 0 Å². The number of hydrogen-bond acceptors (Lipinski definition) is 5. The molecule has 0 aliphatic carbocycles. The molecule has 0 atom stereocenters. The van der Waals surface area contributed by atoms with Crippen LogP contribution in [0.4, 0.5) is 10.6 Å². The van der Waals surface area contributed by atoms with E-state index in [-0.39, 0.29) is 16.8 Å². The van der Waals surface area contributed by atoms with E-state index in [0.29, 0.717) is 38.3 Å². The Labute approximate surface area is 175 Å². The van der Waals surface area contributed by atoms with Crippen LogP contribution < -0.4 is 15.8 Å². The molecule has 1 aliphatic heterocycles. The number of hydrogen-bond donors (Lipinski definition) is 1. The third kappa shape index (κ3) is 5.97. The van der Waals surface area contributed by atoms with Crippen molar-refractivity contribution in [3.63, 3.8) is 0 Å². The molecule has 2 heterocycles. The van der Waals surface area contributed by atoms with E-state index in [1.807, 2.05) is 56.0 Å². The Kier molecular flexibility index (Phi) is 6.47. The summed E-state index contributed by atoms with van der Waals surface area (Å²) in [6.45, 7) is 7.15. The topological polar surface area (TPSA) is 76.5 Å². The predicted molar refractivity (Wildman–Crippen MR) is 114 cm³/mol. The van der Waals surface area contributed by atoms with E-state index in [1.165, 1.54) is 0 Å². The molecule has 0 radical (unpaired) electrons. The van der Waals surface area contributed by atoms with Gasteiger partial charge in [0.1, 0.15) is 10.8 Å². The fourth-order valence-corrected chi connectivity index (χ4v) is 3.50. The van der Waals surface area contributed by atoms with Crippen LogP contribution in [0.15, 0.2) is 41.3 Å². The molecule has 1 saturated heterocycles. The van der Waals surface area contributed by atoms with Crippen LogP contribution in [0.5, 0.6) is 0 Å². The number of piperidine rings is 1. The van der Waals surface area contributed by atoms with Gasteiger partial charge in [0.2, 0.25) is 0 Å². The number of nitrogens with zero attached hydrogens (tertiary/aromatic N) is 3. The van der Waals surface area contributed by atoms with Crippen molar-refractivity contribution in [1.82, 2.24) is 14.9 Å². The molecule has 1 aromatic heterocycles. The number of amides is 1. The maximum atomic E-state index is 13.0. The van der Waals surface area contributed by atoms with Crippen LogP contribution in [0, 0.1) is 0 Å². The Morgan fingerprint density at radius 2 is 1.90 bits per heavy atom. The highest BCUT2D eigenvalue weighted by atomic mass is 35.5. The van der Waals surface area contributed by atoms with Crippen LogP contribution in [0.1, 0.15) is 39.2 Å². The van der Waals surface area contributed by atoms with Gasteiger partial charge < -0.3 is 19.5 Å². The summed E-state index contributed by atoms with van der Waals surface area (Å²) in [6, 6.07) is 9.75. The fraction of sp³-hybridized carbons (Fsp3) is 0.476. The largest absolute Gasteiger partial charge is 0.444 e. The summed E-state index contributed by atoms with van der Waals surface area (Å²) in [7, 11) is 0. The minimum atomic E-state index is -0.528. The first kappa shape index (κ1) is 21.2. The molecular formula is C21H27ClN4O3. The van der Waals surface area contributed by atoms with Crippen LogP contribution in [-0.4, -0.2) is 40.4 Å². The summed E-state index contributed by atoms with van der Waals surface area (Å²) in [6.07, 6.45) is 2.55. The van der Waals surface area contributed by atoms with E-state index < -0.39 is 11.7 Å². The molecule has 156 valence electrons. The van der Waals surface area contributed by atoms with Crippen molar-refractivity contribution in [3.8, 4) is 0 Å². The first-order chi connectivity index (χ1) is 13.7. The van der Waals surface area contributed by atoms with Crippen molar-refractivity contribution in [2.24, 2.45) is 0 Å². The third-order valence-electron chi connectivity index (χ3n) is 4.64. The van der Waals surface area contributed by atoms with Crippen LogP contribution in [0.25, 0.3) is 0 Å². The maximum Gasteiger partial charge on any atom is 0.407 e. The van der Waals surface area contributed by atoms with E-state index in [0.717, 1.165) is 5.56 Å². The SMILES string of the molecule is CC(C)(C)OC(=O)NC1CCN(c2nc(Cl)cn(Cc3ccccc3)c2=O)CC1. The first-order valence-electron chi connectivity index (χ1n) is 9.76. The quantitative estimate of drug-likeness (QED) is 0.823. The average Bonchev–Trinajstić information content (AvgIpc) is 2.64. The van der Waals surface area contributed by atoms with E-state index >= 15 is 0 Å². The van der Waals surface area contributed by atoms with Crippen molar-refractivity contribution >= 4 is 23.5 Å². The molecule has 1 aromatic carbocycles. The maximum absolute atomic E-state index is 13.0. The van der Waals surface area contributed by atoms with Gasteiger partial charge >= 0.3 is 6.09 Å². The Morgan fingerprint density at radius 1 is 1.24 bits per heavy atom. The molecule has 2 aromatic rings. The van der Waals surface area contributed by atoms with E-state index in [4.69, 9.17) is 16.3 Å². The van der Waals surface area contributed by atoms with Gasteiger partial charge in [-0.3, -0.25) is 4.79 Å². The van der Waals surface area contributed by atoms with Crippen LogP contribution in [-0.2, 0) is 11.3 Å². The molecule has 7 nitrogen and oxygen atoms in total. The van der Waals surface area contributed by atoms with Crippen LogP contribution in [0.2, 0.25) is 5.15 Å². The lowest BCUT2D eigenvalue weighted by atomic mass is 10.1. The highest BCUT2D eigenvalue weighted by molar-refractivity contribution is 6.29. The van der Waals surface area contributed by atoms with Crippen LogP contribution >= 0.6 is 11.6 Å². The number of nitrogens with one attached hydrogen (secondary N) is 1. The van der Waals surface area contributed by atoms with Crippen molar-refractivity contribution in [2.75, 3.05) is 18.0 Å². The number of benzene rings is 1. The molecule has 0 spiro atoms. The summed E-state index contributed by atoms with van der Waals surface area (Å²) in [5.74, 6) is 0.351. The molecule has 1 fully saturated rings. The second kappa shape index (κ2) is 8.86. The minimum Gasteiger partial charge on any atom is -0.444 e. The summed E-state index contributed by atoms with van der Waals surface area (Å²) >= 11 is 6.20. The molecule has 29 heavy (non-hydrogen) atoms. The molecular weight excluding hydrogens is 392 g/mol. The Hall–Kier alpha value is -2.54. The zero-order chi connectivity index (χ0) is 21.0. The van der Waals surface area contributed by atoms with E-state index in [2.05, 4.69) is 10.3 Å². The van der Waals surface area contributed by atoms with Crippen molar-refractivity contribution in [2.45, 2.75) is 51.8 Å². The monoisotopic (exact) mass is 418 g/mol. The zero-order valence-electron chi connectivity index (χ0n) is 17.0. The van der Waals surface area contributed by atoms with Crippen LogP contribution in [0.3, 0.4) is 0 Å². The molecule has 0 unspecified atom stereocenters. The normalized spacial score (nSPS) is 15.2. The Balaban J connectivity index is 1.66. The van der Waals surface area contributed by atoms with Gasteiger partial charge in [-0.2, -0.15) is 0 Å². The van der Waals surface area contributed by atoms with Gasteiger partial charge in [-0.05, 0) is 39.2 Å². The highest BCUT2D eigenvalue weighted by Crippen LogP contribution is 2.18. The second-order valence-corrected chi connectivity index (χ2v) is 8.60. The lowest BCUT2D eigenvalue weighted by Gasteiger charge is -2.33. The average molecular weight is 419 g/mol. The lowest BCUT2D eigenvalue weighted by Crippen LogP contribution is -2.47. The number of carbonyl (C=O) groups is 1. The summed E-state index contributed by atoms with van der Waals surface area (Å²) in [4.78, 5) is 31.1. The third-order valence-corrected chi connectivity index (χ3v) is 4.82. The van der Waals surface area contributed by atoms with Gasteiger partial charge in [0.05, 0.1) is 6.54 Å². The van der Waals surface area contributed by atoms with Gasteiger partial charge in [0.15, 0.2) is 5.82 Å². The van der Waals surface area contributed by atoms with Crippen molar-refractivity contribution in [1.29, 1.82) is 0 Å². The smallest absolute Gasteiger partial charge is 0.407 e. The van der Waals surface area contributed by atoms with Crippen molar-refractivity contribution < 1.29 is 9.53 Å². The summed E-state index contributed by atoms with van der Waals surface area (Å²) in [5, 5.41) is 3.18. The number of halogens is 1. The zero-order valence-corrected chi connectivity index (χ0v) is 17.8. The van der Waals surface area contributed by atoms with Crippen molar-refractivity contribution in [3.05, 3.63) is 57.6 Å². The van der Waals surface area contributed by atoms with E-state index in [9.17, 15) is 9.59 Å². The molecule has 3 rings (SSSR count). The number of carbonyl (C=O) groups excluding carboxylic acids is 1. The first-order valence-corrected chi connectivity index (χ1v) is 10.1.